The van der Waals surface area contributed by atoms with E-state index in [0.29, 0.717) is 18.0 Å². The molecule has 0 aliphatic rings. The van der Waals surface area contributed by atoms with Crippen molar-refractivity contribution in [1.29, 1.82) is 0 Å². The molecule has 1 unspecified atom stereocenters. The summed E-state index contributed by atoms with van der Waals surface area (Å²) in [6, 6.07) is 11.8. The fraction of sp³-hybridized carbons (Fsp3) is 0.350. The van der Waals surface area contributed by atoms with Gasteiger partial charge in [0.25, 0.3) is 5.91 Å². The minimum atomic E-state index is -0.550. The van der Waals surface area contributed by atoms with Crippen LogP contribution >= 0.6 is 12.4 Å². The van der Waals surface area contributed by atoms with Crippen LogP contribution in [0, 0.1) is 5.82 Å². The number of nitrogens with two attached hydrogens (primary N) is 1. The first-order valence-electron chi connectivity index (χ1n) is 8.49. The van der Waals surface area contributed by atoms with Crippen molar-refractivity contribution < 1.29 is 13.9 Å². The highest BCUT2D eigenvalue weighted by molar-refractivity contribution is 5.95. The molecule has 2 rings (SSSR count). The third kappa shape index (κ3) is 5.44. The number of amides is 1. The lowest BCUT2D eigenvalue weighted by Gasteiger charge is -2.24. The second-order valence-electron chi connectivity index (χ2n) is 6.10. The van der Waals surface area contributed by atoms with Crippen molar-refractivity contribution in [1.82, 2.24) is 4.90 Å². The van der Waals surface area contributed by atoms with Crippen molar-refractivity contribution in [3.63, 3.8) is 0 Å². The molecule has 0 fully saturated rings. The van der Waals surface area contributed by atoms with Gasteiger partial charge in [0.15, 0.2) is 0 Å². The first kappa shape index (κ1) is 21.9. The molecular formula is C20H26ClFN2O2. The summed E-state index contributed by atoms with van der Waals surface area (Å²) in [5.74, 6) is 0.149. The summed E-state index contributed by atoms with van der Waals surface area (Å²) in [6.07, 6.45) is 1.60. The van der Waals surface area contributed by atoms with Crippen LogP contribution < -0.4 is 10.5 Å². The number of hydrogen-bond donors (Lipinski definition) is 1. The standard InChI is InChI=1S/C20H25FN2O2.ClH/c1-4-14(2)23(3)20(24)18-13-17(9-10-19(18)21)25-16-7-5-15(6-8-16)11-12-22;/h5-10,13-14H,4,11-12,22H2,1-3H3;1H. The highest BCUT2D eigenvalue weighted by atomic mass is 35.5. The number of carbonyl (C=O) groups is 1. The number of ether oxygens (including phenoxy) is 1. The molecular weight excluding hydrogens is 355 g/mol. The third-order valence-corrected chi connectivity index (χ3v) is 4.33. The van der Waals surface area contributed by atoms with Crippen molar-refractivity contribution in [3.05, 3.63) is 59.4 Å². The Bertz CT molecular complexity index is 722. The molecule has 2 aromatic rings. The molecule has 2 N–H and O–H groups in total. The lowest BCUT2D eigenvalue weighted by molar-refractivity contribution is 0.0735. The van der Waals surface area contributed by atoms with E-state index in [1.807, 2.05) is 38.1 Å². The second kappa shape index (κ2) is 10.1. The van der Waals surface area contributed by atoms with Crippen molar-refractivity contribution in [3.8, 4) is 11.5 Å². The van der Waals surface area contributed by atoms with Crippen LogP contribution in [-0.4, -0.2) is 30.4 Å². The van der Waals surface area contributed by atoms with E-state index < -0.39 is 5.82 Å². The smallest absolute Gasteiger partial charge is 0.256 e. The lowest BCUT2D eigenvalue weighted by atomic mass is 10.1. The number of rotatable bonds is 7. The molecule has 0 heterocycles. The van der Waals surface area contributed by atoms with Gasteiger partial charge in [-0.25, -0.2) is 4.39 Å². The van der Waals surface area contributed by atoms with Gasteiger partial charge in [-0.2, -0.15) is 0 Å². The van der Waals surface area contributed by atoms with Gasteiger partial charge in [0.05, 0.1) is 5.56 Å². The maximum absolute atomic E-state index is 14.1. The maximum atomic E-state index is 14.1. The second-order valence-corrected chi connectivity index (χ2v) is 6.10. The van der Waals surface area contributed by atoms with Crippen LogP contribution in [0.3, 0.4) is 0 Å². The van der Waals surface area contributed by atoms with E-state index >= 15 is 0 Å². The molecule has 0 aromatic heterocycles. The van der Waals surface area contributed by atoms with Crippen LogP contribution in [0.4, 0.5) is 4.39 Å². The third-order valence-electron chi connectivity index (χ3n) is 4.33. The molecule has 2 aromatic carbocycles. The van der Waals surface area contributed by atoms with Gasteiger partial charge in [-0.1, -0.05) is 19.1 Å². The summed E-state index contributed by atoms with van der Waals surface area (Å²) in [6.45, 7) is 4.51. The van der Waals surface area contributed by atoms with Crippen LogP contribution in [0.5, 0.6) is 11.5 Å². The highest BCUT2D eigenvalue weighted by Gasteiger charge is 2.20. The quantitative estimate of drug-likeness (QED) is 0.773. The Labute approximate surface area is 160 Å². The Morgan fingerprint density at radius 3 is 2.38 bits per heavy atom. The van der Waals surface area contributed by atoms with E-state index in [-0.39, 0.29) is 29.9 Å². The first-order valence-corrected chi connectivity index (χ1v) is 8.49. The number of hydrogen-bond acceptors (Lipinski definition) is 3. The molecule has 0 saturated carbocycles. The Kier molecular flexibility index (Phi) is 8.55. The van der Waals surface area contributed by atoms with Crippen LogP contribution in [0.1, 0.15) is 36.2 Å². The molecule has 1 amide bonds. The zero-order valence-corrected chi connectivity index (χ0v) is 16.2. The molecule has 1 atom stereocenters. The van der Waals surface area contributed by atoms with Gasteiger partial charge in [-0.15, -0.1) is 12.4 Å². The minimum Gasteiger partial charge on any atom is -0.457 e. The van der Waals surface area contributed by atoms with E-state index in [1.165, 1.54) is 18.2 Å². The lowest BCUT2D eigenvalue weighted by Crippen LogP contribution is -2.35. The van der Waals surface area contributed by atoms with E-state index in [2.05, 4.69) is 0 Å². The van der Waals surface area contributed by atoms with Gasteiger partial charge in [0, 0.05) is 13.1 Å². The van der Waals surface area contributed by atoms with Crippen molar-refractivity contribution in [2.24, 2.45) is 5.73 Å². The summed E-state index contributed by atoms with van der Waals surface area (Å²) >= 11 is 0. The van der Waals surface area contributed by atoms with Crippen LogP contribution in [-0.2, 0) is 6.42 Å². The summed E-state index contributed by atoms with van der Waals surface area (Å²) in [4.78, 5) is 14.1. The Balaban J connectivity index is 0.00000338. The summed E-state index contributed by atoms with van der Waals surface area (Å²) in [5, 5.41) is 0. The van der Waals surface area contributed by atoms with E-state index in [9.17, 15) is 9.18 Å². The summed E-state index contributed by atoms with van der Waals surface area (Å²) < 4.78 is 19.9. The Morgan fingerprint density at radius 2 is 1.81 bits per heavy atom. The molecule has 142 valence electrons. The molecule has 0 bridgehead atoms. The van der Waals surface area contributed by atoms with Crippen molar-refractivity contribution in [2.45, 2.75) is 32.7 Å². The highest BCUT2D eigenvalue weighted by Crippen LogP contribution is 2.25. The molecule has 0 aliphatic heterocycles. The molecule has 0 saturated heterocycles. The average Bonchev–Trinajstić information content (AvgIpc) is 2.63. The minimum absolute atomic E-state index is 0. The number of carbonyl (C=O) groups excluding carboxylic acids is 1. The predicted octanol–water partition coefficient (Wildman–Crippen LogP) is 4.41. The van der Waals surface area contributed by atoms with Crippen molar-refractivity contribution >= 4 is 18.3 Å². The zero-order chi connectivity index (χ0) is 18.4. The van der Waals surface area contributed by atoms with E-state index in [1.54, 1.807) is 11.9 Å². The normalized spacial score (nSPS) is 11.4. The zero-order valence-electron chi connectivity index (χ0n) is 15.4. The Hall–Kier alpha value is -2.11. The van der Waals surface area contributed by atoms with Gasteiger partial charge in [-0.05, 0) is 62.2 Å². The fourth-order valence-electron chi connectivity index (χ4n) is 2.42. The monoisotopic (exact) mass is 380 g/mol. The summed E-state index contributed by atoms with van der Waals surface area (Å²) in [5.41, 5.74) is 6.67. The first-order chi connectivity index (χ1) is 12.0. The van der Waals surface area contributed by atoms with Crippen LogP contribution in [0.15, 0.2) is 42.5 Å². The van der Waals surface area contributed by atoms with Gasteiger partial charge in [-0.3, -0.25) is 4.79 Å². The van der Waals surface area contributed by atoms with Crippen molar-refractivity contribution in [2.75, 3.05) is 13.6 Å². The fourth-order valence-corrected chi connectivity index (χ4v) is 2.42. The van der Waals surface area contributed by atoms with Crippen LogP contribution in [0.2, 0.25) is 0 Å². The average molecular weight is 381 g/mol. The molecule has 6 heteroatoms. The van der Waals surface area contributed by atoms with E-state index in [4.69, 9.17) is 10.5 Å². The van der Waals surface area contributed by atoms with E-state index in [0.717, 1.165) is 18.4 Å². The summed E-state index contributed by atoms with van der Waals surface area (Å²) in [7, 11) is 1.68. The topological polar surface area (TPSA) is 55.6 Å². The molecule has 0 aliphatic carbocycles. The Morgan fingerprint density at radius 1 is 1.19 bits per heavy atom. The van der Waals surface area contributed by atoms with Gasteiger partial charge in [0.2, 0.25) is 0 Å². The number of halogens is 2. The van der Waals surface area contributed by atoms with Gasteiger partial charge < -0.3 is 15.4 Å². The number of nitrogens with zero attached hydrogens (tertiary/aromatic N) is 1. The predicted molar refractivity (Wildman–Crippen MR) is 105 cm³/mol. The molecule has 0 radical (unpaired) electrons. The maximum Gasteiger partial charge on any atom is 0.256 e. The molecule has 4 nitrogen and oxygen atoms in total. The molecule has 26 heavy (non-hydrogen) atoms. The SMILES string of the molecule is CCC(C)N(C)C(=O)c1cc(Oc2ccc(CCN)cc2)ccc1F.Cl. The molecule has 0 spiro atoms. The van der Waals surface area contributed by atoms with Crippen LogP contribution in [0.25, 0.3) is 0 Å². The van der Waals surface area contributed by atoms with Gasteiger partial charge >= 0.3 is 0 Å². The largest absolute Gasteiger partial charge is 0.457 e. The van der Waals surface area contributed by atoms with Gasteiger partial charge in [0.1, 0.15) is 17.3 Å². The number of benzene rings is 2.